The predicted molar refractivity (Wildman–Crippen MR) is 99.7 cm³/mol. The van der Waals surface area contributed by atoms with Gasteiger partial charge >= 0.3 is 0 Å². The van der Waals surface area contributed by atoms with Crippen molar-refractivity contribution in [3.8, 4) is 16.9 Å². The second kappa shape index (κ2) is 5.07. The average molecular weight is 317 g/mol. The fourth-order valence-electron chi connectivity index (χ4n) is 3.88. The monoisotopic (exact) mass is 317 g/mol. The number of aromatic hydroxyl groups is 1. The van der Waals surface area contributed by atoms with Crippen LogP contribution in [-0.2, 0) is 11.8 Å². The van der Waals surface area contributed by atoms with Crippen LogP contribution in [0, 0.1) is 13.8 Å². The number of rotatable bonds is 0. The summed E-state index contributed by atoms with van der Waals surface area (Å²) in [5.41, 5.74) is 8.29. The molecule has 2 heteroatoms. The zero-order valence-corrected chi connectivity index (χ0v) is 14.8. The Hall–Kier alpha value is -2.35. The minimum atomic E-state index is 0.117. The number of nitrogens with zero attached hydrogens (tertiary/aromatic N) is 1. The minimum absolute atomic E-state index is 0.117. The summed E-state index contributed by atoms with van der Waals surface area (Å²) in [6.45, 7) is 8.78. The lowest BCUT2D eigenvalue weighted by Gasteiger charge is -2.25. The van der Waals surface area contributed by atoms with Gasteiger partial charge in [-0.1, -0.05) is 37.6 Å². The number of benzene rings is 2. The summed E-state index contributed by atoms with van der Waals surface area (Å²) in [6.07, 6.45) is 2.04. The van der Waals surface area contributed by atoms with Gasteiger partial charge in [0, 0.05) is 16.6 Å². The van der Waals surface area contributed by atoms with Crippen molar-refractivity contribution >= 4 is 10.9 Å². The number of pyridine rings is 1. The molecule has 0 saturated carbocycles. The summed E-state index contributed by atoms with van der Waals surface area (Å²) in [7, 11) is 0. The molecular formula is C22H23NO. The molecular weight excluding hydrogens is 294 g/mol. The van der Waals surface area contributed by atoms with Gasteiger partial charge < -0.3 is 5.11 Å². The van der Waals surface area contributed by atoms with E-state index in [4.69, 9.17) is 4.98 Å². The maximum absolute atomic E-state index is 10.4. The largest absolute Gasteiger partial charge is 0.507 e. The van der Waals surface area contributed by atoms with E-state index in [1.165, 1.54) is 22.3 Å². The molecule has 1 aromatic heterocycles. The van der Waals surface area contributed by atoms with Crippen LogP contribution in [0.15, 0.2) is 36.4 Å². The van der Waals surface area contributed by atoms with Gasteiger partial charge in [0.15, 0.2) is 0 Å². The Morgan fingerprint density at radius 3 is 2.54 bits per heavy atom. The van der Waals surface area contributed by atoms with Gasteiger partial charge in [-0.2, -0.15) is 0 Å². The second-order valence-electron chi connectivity index (χ2n) is 7.77. The molecule has 1 N–H and O–H groups in total. The van der Waals surface area contributed by atoms with E-state index >= 15 is 0 Å². The van der Waals surface area contributed by atoms with Crippen molar-refractivity contribution in [2.24, 2.45) is 0 Å². The van der Waals surface area contributed by atoms with E-state index < -0.39 is 0 Å². The van der Waals surface area contributed by atoms with Gasteiger partial charge in [-0.3, -0.25) is 4.98 Å². The smallest absolute Gasteiger partial charge is 0.125 e. The third kappa shape index (κ3) is 2.29. The molecule has 0 atom stereocenters. The van der Waals surface area contributed by atoms with E-state index in [0.717, 1.165) is 35.0 Å². The summed E-state index contributed by atoms with van der Waals surface area (Å²) < 4.78 is 0. The standard InChI is InChI=1S/C22H23NO/c1-13-5-6-15-16-12-17-20(10-14(2)11-21(17)24)23-19(16)7-8-22(3,4)18(15)9-13/h5-6,9-12,24H,7-8H2,1-4H3. The molecule has 2 aromatic carbocycles. The molecule has 0 unspecified atom stereocenters. The molecule has 3 aromatic rings. The van der Waals surface area contributed by atoms with Crippen molar-refractivity contribution in [1.29, 1.82) is 0 Å². The van der Waals surface area contributed by atoms with E-state index in [2.05, 4.69) is 51.1 Å². The Kier molecular flexibility index (Phi) is 3.21. The molecule has 4 rings (SSSR count). The fourth-order valence-corrected chi connectivity index (χ4v) is 3.88. The molecule has 1 aliphatic rings. The SMILES string of the molecule is Cc1ccc2c(c1)C(C)(C)CCc1nc3cc(C)cc(O)c3cc1-2. The van der Waals surface area contributed by atoms with Crippen molar-refractivity contribution in [2.75, 3.05) is 0 Å². The van der Waals surface area contributed by atoms with E-state index in [9.17, 15) is 5.11 Å². The van der Waals surface area contributed by atoms with Crippen LogP contribution in [0.2, 0.25) is 0 Å². The van der Waals surface area contributed by atoms with Crippen molar-refractivity contribution in [3.63, 3.8) is 0 Å². The van der Waals surface area contributed by atoms with Gasteiger partial charge in [0.1, 0.15) is 5.75 Å². The third-order valence-electron chi connectivity index (χ3n) is 5.32. The van der Waals surface area contributed by atoms with Gasteiger partial charge in [0.05, 0.1) is 5.52 Å². The van der Waals surface area contributed by atoms with Crippen molar-refractivity contribution in [1.82, 2.24) is 4.98 Å². The van der Waals surface area contributed by atoms with Crippen molar-refractivity contribution in [3.05, 3.63) is 58.8 Å². The van der Waals surface area contributed by atoms with E-state index in [1.807, 2.05) is 13.0 Å². The first-order valence-corrected chi connectivity index (χ1v) is 8.60. The number of phenolic OH excluding ortho intramolecular Hbond substituents is 1. The van der Waals surface area contributed by atoms with Gasteiger partial charge in [0.2, 0.25) is 0 Å². The molecule has 0 spiro atoms. The summed E-state index contributed by atoms with van der Waals surface area (Å²) in [6, 6.07) is 12.7. The summed E-state index contributed by atoms with van der Waals surface area (Å²) in [5, 5.41) is 11.2. The molecule has 0 aliphatic heterocycles. The Labute approximate surface area is 143 Å². The van der Waals surface area contributed by atoms with Crippen LogP contribution >= 0.6 is 0 Å². The normalized spacial score (nSPS) is 15.7. The lowest BCUT2D eigenvalue weighted by Crippen LogP contribution is -2.17. The Balaban J connectivity index is 2.07. The molecule has 122 valence electrons. The summed E-state index contributed by atoms with van der Waals surface area (Å²) in [5.74, 6) is 0.317. The molecule has 1 heterocycles. The zero-order chi connectivity index (χ0) is 17.1. The zero-order valence-electron chi connectivity index (χ0n) is 14.8. The number of fused-ring (bicyclic) bond motifs is 4. The summed E-state index contributed by atoms with van der Waals surface area (Å²) >= 11 is 0. The maximum atomic E-state index is 10.4. The van der Waals surface area contributed by atoms with E-state index in [-0.39, 0.29) is 5.41 Å². The van der Waals surface area contributed by atoms with Crippen LogP contribution in [-0.4, -0.2) is 10.1 Å². The van der Waals surface area contributed by atoms with Crippen LogP contribution in [0.25, 0.3) is 22.0 Å². The molecule has 0 amide bonds. The molecule has 24 heavy (non-hydrogen) atoms. The average Bonchev–Trinajstić information content (AvgIpc) is 2.61. The number of hydrogen-bond donors (Lipinski definition) is 1. The van der Waals surface area contributed by atoms with Crippen LogP contribution in [0.4, 0.5) is 0 Å². The molecule has 1 aliphatic carbocycles. The fraction of sp³-hybridized carbons (Fsp3) is 0.318. The molecule has 0 radical (unpaired) electrons. The first kappa shape index (κ1) is 15.2. The van der Waals surface area contributed by atoms with Gasteiger partial charge in [-0.15, -0.1) is 0 Å². The minimum Gasteiger partial charge on any atom is -0.507 e. The van der Waals surface area contributed by atoms with Gasteiger partial charge in [0.25, 0.3) is 0 Å². The number of hydrogen-bond acceptors (Lipinski definition) is 2. The van der Waals surface area contributed by atoms with Gasteiger partial charge in [-0.25, -0.2) is 0 Å². The Bertz CT molecular complexity index is 969. The van der Waals surface area contributed by atoms with Crippen LogP contribution in [0.3, 0.4) is 0 Å². The lowest BCUT2D eigenvalue weighted by molar-refractivity contribution is 0.480. The maximum Gasteiger partial charge on any atom is 0.125 e. The van der Waals surface area contributed by atoms with Crippen LogP contribution in [0.5, 0.6) is 5.75 Å². The highest BCUT2D eigenvalue weighted by atomic mass is 16.3. The summed E-state index contributed by atoms with van der Waals surface area (Å²) in [4.78, 5) is 4.92. The van der Waals surface area contributed by atoms with E-state index in [0.29, 0.717) is 5.75 Å². The topological polar surface area (TPSA) is 33.1 Å². The van der Waals surface area contributed by atoms with Crippen molar-refractivity contribution in [2.45, 2.75) is 46.0 Å². The third-order valence-corrected chi connectivity index (χ3v) is 5.32. The number of aromatic nitrogens is 1. The quantitative estimate of drug-likeness (QED) is 0.598. The first-order valence-electron chi connectivity index (χ1n) is 8.60. The van der Waals surface area contributed by atoms with E-state index in [1.54, 1.807) is 0 Å². The Morgan fingerprint density at radius 1 is 0.958 bits per heavy atom. The first-order chi connectivity index (χ1) is 11.3. The Morgan fingerprint density at radius 2 is 1.75 bits per heavy atom. The van der Waals surface area contributed by atoms with Gasteiger partial charge in [-0.05, 0) is 67.0 Å². The lowest BCUT2D eigenvalue weighted by atomic mass is 9.78. The highest BCUT2D eigenvalue weighted by Crippen LogP contribution is 2.43. The predicted octanol–water partition coefficient (Wildman–Crippen LogP) is 5.45. The van der Waals surface area contributed by atoms with Crippen LogP contribution < -0.4 is 0 Å². The highest BCUT2D eigenvalue weighted by molar-refractivity contribution is 5.91. The number of phenols is 1. The van der Waals surface area contributed by atoms with Crippen molar-refractivity contribution < 1.29 is 5.11 Å². The molecule has 0 saturated heterocycles. The molecule has 0 bridgehead atoms. The highest BCUT2D eigenvalue weighted by Gasteiger charge is 2.29. The molecule has 2 nitrogen and oxygen atoms in total. The number of aryl methyl sites for hydroxylation is 3. The molecule has 0 fully saturated rings. The van der Waals surface area contributed by atoms with Crippen LogP contribution in [0.1, 0.15) is 42.7 Å². The second-order valence-corrected chi connectivity index (χ2v) is 7.77.